The number of benzene rings is 1. The van der Waals surface area contributed by atoms with Gasteiger partial charge in [-0.1, -0.05) is 18.2 Å². The van der Waals surface area contributed by atoms with Gasteiger partial charge in [0.2, 0.25) is 0 Å². The molecule has 1 fully saturated rings. The Morgan fingerprint density at radius 2 is 2.29 bits per heavy atom. The molecule has 0 radical (unpaired) electrons. The molecule has 0 saturated carbocycles. The molecule has 2 heterocycles. The van der Waals surface area contributed by atoms with Crippen LogP contribution in [0.1, 0.15) is 5.56 Å². The quantitative estimate of drug-likeness (QED) is 0.896. The number of carboxylic acid groups (broad SMARTS) is 1. The highest BCUT2D eigenvalue weighted by Gasteiger charge is 2.28. The maximum Gasteiger partial charge on any atom is 0.334 e. The average Bonchev–Trinajstić information content (AvgIpc) is 2.53. The van der Waals surface area contributed by atoms with E-state index in [1.807, 2.05) is 29.2 Å². The van der Waals surface area contributed by atoms with Crippen molar-refractivity contribution >= 4 is 22.6 Å². The summed E-state index contributed by atoms with van der Waals surface area (Å²) in [5.41, 5.74) is 1.96. The van der Waals surface area contributed by atoms with Crippen LogP contribution in [0.4, 0.5) is 5.69 Å². The lowest BCUT2D eigenvalue weighted by Gasteiger charge is -2.33. The molecule has 21 heavy (non-hydrogen) atoms. The zero-order chi connectivity index (χ0) is 14.8. The van der Waals surface area contributed by atoms with E-state index in [1.54, 1.807) is 0 Å². The van der Waals surface area contributed by atoms with Crippen molar-refractivity contribution in [2.75, 3.05) is 24.6 Å². The maximum atomic E-state index is 11.1. The van der Waals surface area contributed by atoms with Gasteiger partial charge in [-0.25, -0.2) is 4.79 Å². The van der Waals surface area contributed by atoms with Crippen molar-refractivity contribution in [3.8, 4) is 6.07 Å². The highest BCUT2D eigenvalue weighted by Crippen LogP contribution is 2.30. The molecular formula is C15H13N3O3. The number of morpholine rings is 1. The second-order valence-corrected chi connectivity index (χ2v) is 4.79. The number of hydrogen-bond donors (Lipinski definition) is 1. The van der Waals surface area contributed by atoms with E-state index in [4.69, 9.17) is 9.84 Å². The van der Waals surface area contributed by atoms with Gasteiger partial charge in [0, 0.05) is 18.1 Å². The second kappa shape index (κ2) is 5.38. The molecule has 1 unspecified atom stereocenters. The van der Waals surface area contributed by atoms with E-state index < -0.39 is 12.1 Å². The van der Waals surface area contributed by atoms with Crippen LogP contribution in [0.5, 0.6) is 0 Å². The summed E-state index contributed by atoms with van der Waals surface area (Å²) in [5.74, 6) is -0.989. The molecule has 1 aliphatic rings. The summed E-state index contributed by atoms with van der Waals surface area (Å²) in [5, 5.41) is 19.3. The van der Waals surface area contributed by atoms with Gasteiger partial charge in [0.15, 0.2) is 6.10 Å². The number of nitrogens with zero attached hydrogens (tertiary/aromatic N) is 3. The smallest absolute Gasteiger partial charge is 0.334 e. The van der Waals surface area contributed by atoms with Gasteiger partial charge in [0.05, 0.1) is 29.9 Å². The lowest BCUT2D eigenvalue weighted by molar-refractivity contribution is -0.150. The molecule has 3 rings (SSSR count). The number of carbonyl (C=O) groups is 1. The molecule has 1 N–H and O–H groups in total. The molecule has 0 spiro atoms. The number of rotatable bonds is 2. The monoisotopic (exact) mass is 283 g/mol. The molecule has 1 aliphatic heterocycles. The Balaban J connectivity index is 2.10. The SMILES string of the molecule is N#Cc1cnc2ccccc2c1N1CCOC(C(=O)O)C1. The summed E-state index contributed by atoms with van der Waals surface area (Å²) >= 11 is 0. The van der Waals surface area contributed by atoms with Gasteiger partial charge in [0.25, 0.3) is 0 Å². The Morgan fingerprint density at radius 3 is 3.05 bits per heavy atom. The largest absolute Gasteiger partial charge is 0.479 e. The van der Waals surface area contributed by atoms with Crippen LogP contribution in [-0.4, -0.2) is 41.9 Å². The Hall–Kier alpha value is -2.65. The summed E-state index contributed by atoms with van der Waals surface area (Å²) in [7, 11) is 0. The number of nitriles is 1. The first-order chi connectivity index (χ1) is 10.2. The van der Waals surface area contributed by atoms with Crippen molar-refractivity contribution in [1.82, 2.24) is 4.98 Å². The molecule has 0 bridgehead atoms. The van der Waals surface area contributed by atoms with Gasteiger partial charge in [-0.05, 0) is 6.07 Å². The Morgan fingerprint density at radius 1 is 1.48 bits per heavy atom. The van der Waals surface area contributed by atoms with Crippen LogP contribution in [0, 0.1) is 11.3 Å². The first-order valence-corrected chi connectivity index (χ1v) is 6.58. The third kappa shape index (κ3) is 2.39. The number of fused-ring (bicyclic) bond motifs is 1. The van der Waals surface area contributed by atoms with E-state index in [2.05, 4.69) is 11.1 Å². The van der Waals surface area contributed by atoms with Crippen LogP contribution < -0.4 is 4.90 Å². The van der Waals surface area contributed by atoms with Crippen LogP contribution >= 0.6 is 0 Å². The summed E-state index contributed by atoms with van der Waals surface area (Å²) in [6.07, 6.45) is 0.653. The van der Waals surface area contributed by atoms with E-state index in [9.17, 15) is 10.1 Å². The molecular weight excluding hydrogens is 270 g/mol. The van der Waals surface area contributed by atoms with Gasteiger partial charge in [-0.2, -0.15) is 5.26 Å². The number of ether oxygens (including phenoxy) is 1. The fraction of sp³-hybridized carbons (Fsp3) is 0.267. The molecule has 0 aliphatic carbocycles. The van der Waals surface area contributed by atoms with E-state index >= 15 is 0 Å². The van der Waals surface area contributed by atoms with Crippen molar-refractivity contribution in [1.29, 1.82) is 5.26 Å². The third-order valence-corrected chi connectivity index (χ3v) is 3.53. The van der Waals surface area contributed by atoms with Crippen molar-refractivity contribution in [2.45, 2.75) is 6.10 Å². The minimum atomic E-state index is -0.989. The maximum absolute atomic E-state index is 11.1. The number of aromatic nitrogens is 1. The lowest BCUT2D eigenvalue weighted by Crippen LogP contribution is -2.46. The predicted molar refractivity (Wildman–Crippen MR) is 76.0 cm³/mol. The van der Waals surface area contributed by atoms with Crippen LogP contribution in [0.2, 0.25) is 0 Å². The van der Waals surface area contributed by atoms with E-state index in [0.717, 1.165) is 16.6 Å². The first kappa shape index (κ1) is 13.3. The standard InChI is InChI=1S/C15H13N3O3/c16-7-10-8-17-12-4-2-1-3-11(12)14(10)18-5-6-21-13(9-18)15(19)20/h1-4,8,13H,5-6,9H2,(H,19,20). The van der Waals surface area contributed by atoms with E-state index in [1.165, 1.54) is 6.20 Å². The molecule has 1 saturated heterocycles. The number of aliphatic carboxylic acids is 1. The molecule has 0 amide bonds. The van der Waals surface area contributed by atoms with Crippen molar-refractivity contribution in [3.05, 3.63) is 36.0 Å². The Labute approximate surface area is 121 Å². The van der Waals surface area contributed by atoms with E-state index in [-0.39, 0.29) is 6.54 Å². The third-order valence-electron chi connectivity index (χ3n) is 3.53. The number of carboxylic acids is 1. The van der Waals surface area contributed by atoms with Crippen molar-refractivity contribution in [2.24, 2.45) is 0 Å². The van der Waals surface area contributed by atoms with Gasteiger partial charge in [-0.15, -0.1) is 0 Å². The average molecular weight is 283 g/mol. The number of para-hydroxylation sites is 1. The predicted octanol–water partition coefficient (Wildman–Crippen LogP) is 1.40. The van der Waals surface area contributed by atoms with Crippen LogP contribution in [0.15, 0.2) is 30.5 Å². The number of pyridine rings is 1. The van der Waals surface area contributed by atoms with Gasteiger partial charge >= 0.3 is 5.97 Å². The molecule has 106 valence electrons. The summed E-state index contributed by atoms with van der Waals surface area (Å²) < 4.78 is 5.24. The zero-order valence-electron chi connectivity index (χ0n) is 11.2. The molecule has 6 heteroatoms. The molecule has 6 nitrogen and oxygen atoms in total. The van der Waals surface area contributed by atoms with Gasteiger partial charge < -0.3 is 14.7 Å². The number of anilines is 1. The molecule has 1 aromatic carbocycles. The first-order valence-electron chi connectivity index (χ1n) is 6.58. The minimum Gasteiger partial charge on any atom is -0.479 e. The lowest BCUT2D eigenvalue weighted by atomic mass is 10.1. The Kier molecular flexibility index (Phi) is 3.42. The van der Waals surface area contributed by atoms with E-state index in [0.29, 0.717) is 18.7 Å². The Bertz CT molecular complexity index is 739. The van der Waals surface area contributed by atoms with Crippen LogP contribution in [-0.2, 0) is 9.53 Å². The van der Waals surface area contributed by atoms with Crippen LogP contribution in [0.25, 0.3) is 10.9 Å². The fourth-order valence-corrected chi connectivity index (χ4v) is 2.55. The number of hydrogen-bond acceptors (Lipinski definition) is 5. The summed E-state index contributed by atoms with van der Waals surface area (Å²) in [6.45, 7) is 1.09. The van der Waals surface area contributed by atoms with Crippen LogP contribution in [0.3, 0.4) is 0 Å². The highest BCUT2D eigenvalue weighted by molar-refractivity contribution is 5.94. The topological polar surface area (TPSA) is 86.5 Å². The minimum absolute atomic E-state index is 0.220. The summed E-state index contributed by atoms with van der Waals surface area (Å²) in [4.78, 5) is 17.3. The van der Waals surface area contributed by atoms with Gasteiger partial charge in [-0.3, -0.25) is 4.98 Å². The normalized spacial score (nSPS) is 18.4. The summed E-state index contributed by atoms with van der Waals surface area (Å²) in [6, 6.07) is 9.66. The zero-order valence-corrected chi connectivity index (χ0v) is 11.2. The van der Waals surface area contributed by atoms with Gasteiger partial charge in [0.1, 0.15) is 6.07 Å². The molecule has 1 aromatic heterocycles. The van der Waals surface area contributed by atoms with Crippen molar-refractivity contribution in [3.63, 3.8) is 0 Å². The molecule has 2 aromatic rings. The molecule has 1 atom stereocenters. The van der Waals surface area contributed by atoms with Crippen molar-refractivity contribution < 1.29 is 14.6 Å². The highest BCUT2D eigenvalue weighted by atomic mass is 16.5. The fourth-order valence-electron chi connectivity index (χ4n) is 2.55. The second-order valence-electron chi connectivity index (χ2n) is 4.79.